The summed E-state index contributed by atoms with van der Waals surface area (Å²) in [5, 5.41) is 2.95. The minimum absolute atomic E-state index is 0.0531. The summed E-state index contributed by atoms with van der Waals surface area (Å²) in [6.45, 7) is 10.7. The van der Waals surface area contributed by atoms with Crippen LogP contribution < -0.4 is 5.32 Å². The first-order chi connectivity index (χ1) is 7.99. The number of rotatable bonds is 6. The Morgan fingerprint density at radius 2 is 2.00 bits per heavy atom. The van der Waals surface area contributed by atoms with Crippen molar-refractivity contribution in [1.82, 2.24) is 10.2 Å². The fourth-order valence-corrected chi connectivity index (χ4v) is 1.89. The third kappa shape index (κ3) is 5.39. The predicted octanol–water partition coefficient (Wildman–Crippen LogP) is 2.24. The summed E-state index contributed by atoms with van der Waals surface area (Å²) in [5.74, 6) is 0.708. The first-order valence-electron chi connectivity index (χ1n) is 6.67. The van der Waals surface area contributed by atoms with E-state index >= 15 is 0 Å². The lowest BCUT2D eigenvalue weighted by atomic mass is 10.1. The molecule has 100 valence electrons. The molecule has 0 bridgehead atoms. The molecule has 0 atom stereocenters. The van der Waals surface area contributed by atoms with Gasteiger partial charge < -0.3 is 15.0 Å². The summed E-state index contributed by atoms with van der Waals surface area (Å²) in [6.07, 6.45) is 2.70. The van der Waals surface area contributed by atoms with Crippen molar-refractivity contribution >= 4 is 6.03 Å². The van der Waals surface area contributed by atoms with Crippen molar-refractivity contribution in [3.8, 4) is 0 Å². The van der Waals surface area contributed by atoms with E-state index in [1.807, 2.05) is 18.7 Å². The van der Waals surface area contributed by atoms with Crippen molar-refractivity contribution in [3.05, 3.63) is 0 Å². The summed E-state index contributed by atoms with van der Waals surface area (Å²) in [7, 11) is 0. The smallest absolute Gasteiger partial charge is 0.317 e. The zero-order valence-electron chi connectivity index (χ0n) is 11.5. The van der Waals surface area contributed by atoms with Crippen LogP contribution in [0.3, 0.4) is 0 Å². The Kier molecular flexibility index (Phi) is 5.75. The third-order valence-electron chi connectivity index (χ3n) is 2.83. The molecule has 0 aliphatic carbocycles. The van der Waals surface area contributed by atoms with Crippen molar-refractivity contribution in [1.29, 1.82) is 0 Å². The summed E-state index contributed by atoms with van der Waals surface area (Å²) in [5.41, 5.74) is 0. The molecule has 4 heteroatoms. The van der Waals surface area contributed by atoms with Gasteiger partial charge >= 0.3 is 6.03 Å². The maximum Gasteiger partial charge on any atom is 0.317 e. The second-order valence-corrected chi connectivity index (χ2v) is 5.48. The molecule has 0 spiro atoms. The molecule has 2 amide bonds. The molecule has 0 radical (unpaired) electrons. The average molecular weight is 242 g/mol. The van der Waals surface area contributed by atoms with Crippen molar-refractivity contribution in [2.75, 3.05) is 19.6 Å². The number of amides is 2. The molecule has 1 fully saturated rings. The van der Waals surface area contributed by atoms with Crippen LogP contribution in [0.1, 0.15) is 40.5 Å². The van der Waals surface area contributed by atoms with Gasteiger partial charge in [-0.05, 0) is 32.6 Å². The highest BCUT2D eigenvalue weighted by molar-refractivity contribution is 5.75. The Balaban J connectivity index is 2.03. The zero-order valence-corrected chi connectivity index (χ0v) is 11.5. The maximum atomic E-state index is 11.7. The second kappa shape index (κ2) is 6.84. The highest BCUT2D eigenvalue weighted by Crippen LogP contribution is 2.13. The zero-order chi connectivity index (χ0) is 12.8. The minimum Gasteiger partial charge on any atom is -0.372 e. The van der Waals surface area contributed by atoms with E-state index in [0.717, 1.165) is 26.1 Å². The van der Waals surface area contributed by atoms with Crippen LogP contribution in [0.5, 0.6) is 0 Å². The van der Waals surface area contributed by atoms with Gasteiger partial charge in [0.25, 0.3) is 0 Å². The van der Waals surface area contributed by atoms with Gasteiger partial charge in [-0.15, -0.1) is 0 Å². The molecule has 1 N–H and O–H groups in total. The molecular formula is C13H26N2O2. The van der Waals surface area contributed by atoms with Crippen LogP contribution in [-0.4, -0.2) is 42.8 Å². The van der Waals surface area contributed by atoms with E-state index in [9.17, 15) is 4.79 Å². The summed E-state index contributed by atoms with van der Waals surface area (Å²) >= 11 is 0. The lowest BCUT2D eigenvalue weighted by Crippen LogP contribution is -2.58. The van der Waals surface area contributed by atoms with Gasteiger partial charge in [0.2, 0.25) is 0 Å². The molecule has 1 saturated heterocycles. The van der Waals surface area contributed by atoms with E-state index < -0.39 is 0 Å². The second-order valence-electron chi connectivity index (χ2n) is 5.48. The molecule has 0 unspecified atom stereocenters. The van der Waals surface area contributed by atoms with E-state index in [1.54, 1.807) is 0 Å². The van der Waals surface area contributed by atoms with Crippen molar-refractivity contribution in [2.45, 2.75) is 52.7 Å². The Hall–Kier alpha value is -0.770. The summed E-state index contributed by atoms with van der Waals surface area (Å²) in [4.78, 5) is 13.5. The predicted molar refractivity (Wildman–Crippen MR) is 69.1 cm³/mol. The van der Waals surface area contributed by atoms with E-state index in [-0.39, 0.29) is 18.2 Å². The molecule has 17 heavy (non-hydrogen) atoms. The van der Waals surface area contributed by atoms with E-state index in [4.69, 9.17) is 4.74 Å². The summed E-state index contributed by atoms with van der Waals surface area (Å²) in [6, 6.07) is 0.0531. The molecule has 0 aromatic carbocycles. The Labute approximate surface area is 105 Å². The quantitative estimate of drug-likeness (QED) is 0.726. The highest BCUT2D eigenvalue weighted by Gasteiger charge is 2.31. The SMILES string of the molecule is CC(C)CCCNC(=O)N1CC(OC(C)C)C1. The van der Waals surface area contributed by atoms with Crippen LogP contribution in [0.25, 0.3) is 0 Å². The van der Waals surface area contributed by atoms with Crippen molar-refractivity contribution in [3.63, 3.8) is 0 Å². The minimum atomic E-state index is 0.0531. The maximum absolute atomic E-state index is 11.7. The van der Waals surface area contributed by atoms with Crippen LogP contribution in [0, 0.1) is 5.92 Å². The lowest BCUT2D eigenvalue weighted by Gasteiger charge is -2.39. The third-order valence-corrected chi connectivity index (χ3v) is 2.83. The van der Waals surface area contributed by atoms with Gasteiger partial charge in [-0.1, -0.05) is 13.8 Å². The number of nitrogens with zero attached hydrogens (tertiary/aromatic N) is 1. The fourth-order valence-electron chi connectivity index (χ4n) is 1.89. The molecular weight excluding hydrogens is 216 g/mol. The van der Waals surface area contributed by atoms with Gasteiger partial charge in [-0.25, -0.2) is 4.79 Å². The average Bonchev–Trinajstić information content (AvgIpc) is 2.16. The Bertz CT molecular complexity index is 236. The molecule has 0 aromatic heterocycles. The molecule has 1 rings (SSSR count). The first-order valence-corrected chi connectivity index (χ1v) is 6.67. The Morgan fingerprint density at radius 1 is 1.35 bits per heavy atom. The van der Waals surface area contributed by atoms with Gasteiger partial charge in [0.15, 0.2) is 0 Å². The lowest BCUT2D eigenvalue weighted by molar-refractivity contribution is -0.0641. The van der Waals surface area contributed by atoms with Gasteiger partial charge in [-0.3, -0.25) is 0 Å². The van der Waals surface area contributed by atoms with Crippen LogP contribution >= 0.6 is 0 Å². The molecule has 0 aromatic rings. The van der Waals surface area contributed by atoms with Crippen molar-refractivity contribution < 1.29 is 9.53 Å². The van der Waals surface area contributed by atoms with Gasteiger partial charge in [0.05, 0.1) is 25.3 Å². The van der Waals surface area contributed by atoms with Gasteiger partial charge in [0.1, 0.15) is 0 Å². The van der Waals surface area contributed by atoms with Crippen LogP contribution in [-0.2, 0) is 4.74 Å². The number of urea groups is 1. The fraction of sp³-hybridized carbons (Fsp3) is 0.923. The topological polar surface area (TPSA) is 41.6 Å². The number of hydrogen-bond donors (Lipinski definition) is 1. The number of carbonyl (C=O) groups is 1. The molecule has 1 heterocycles. The normalized spacial score (nSPS) is 16.5. The van der Waals surface area contributed by atoms with E-state index in [2.05, 4.69) is 19.2 Å². The van der Waals surface area contributed by atoms with Crippen LogP contribution in [0.4, 0.5) is 4.79 Å². The largest absolute Gasteiger partial charge is 0.372 e. The van der Waals surface area contributed by atoms with Gasteiger partial charge in [0, 0.05) is 6.54 Å². The number of ether oxygens (including phenoxy) is 1. The van der Waals surface area contributed by atoms with E-state index in [1.165, 1.54) is 6.42 Å². The van der Waals surface area contributed by atoms with Crippen LogP contribution in [0.15, 0.2) is 0 Å². The monoisotopic (exact) mass is 242 g/mol. The number of nitrogens with one attached hydrogen (secondary N) is 1. The van der Waals surface area contributed by atoms with Crippen molar-refractivity contribution in [2.24, 2.45) is 5.92 Å². The first kappa shape index (κ1) is 14.3. The molecule has 0 saturated carbocycles. The van der Waals surface area contributed by atoms with E-state index in [0.29, 0.717) is 5.92 Å². The van der Waals surface area contributed by atoms with Gasteiger partial charge in [-0.2, -0.15) is 0 Å². The highest BCUT2D eigenvalue weighted by atomic mass is 16.5. The van der Waals surface area contributed by atoms with Crippen LogP contribution in [0.2, 0.25) is 0 Å². The molecule has 1 aliphatic rings. The standard InChI is InChI=1S/C13H26N2O2/c1-10(2)6-5-7-14-13(16)15-8-12(9-15)17-11(3)4/h10-12H,5-9H2,1-4H3,(H,14,16). The molecule has 1 aliphatic heterocycles. The number of hydrogen-bond acceptors (Lipinski definition) is 2. The number of likely N-dealkylation sites (tertiary alicyclic amines) is 1. The molecule has 4 nitrogen and oxygen atoms in total. The summed E-state index contributed by atoms with van der Waals surface area (Å²) < 4.78 is 5.60. The Morgan fingerprint density at radius 3 is 2.53 bits per heavy atom. The number of carbonyl (C=O) groups excluding carboxylic acids is 1.